The van der Waals surface area contributed by atoms with Gasteiger partial charge in [0.2, 0.25) is 0 Å². The monoisotopic (exact) mass is 510 g/mol. The number of benzene rings is 3. The molecular weight excluding hydrogens is 487 g/mol. The van der Waals surface area contributed by atoms with Crippen LogP contribution in [0.25, 0.3) is 0 Å². The molecule has 1 amide bonds. The highest BCUT2D eigenvalue weighted by atomic mass is 32.1. The molecule has 0 saturated heterocycles. The topological polar surface area (TPSA) is 118 Å². The predicted octanol–water partition coefficient (Wildman–Crippen LogP) is 5.00. The maximum atomic E-state index is 14.2. The van der Waals surface area contributed by atoms with Crippen LogP contribution in [0.5, 0.6) is 11.5 Å². The minimum absolute atomic E-state index is 0.0748. The molecule has 8 nitrogen and oxygen atoms in total. The number of phenols is 1. The van der Waals surface area contributed by atoms with Crippen LogP contribution >= 0.6 is 12.6 Å². The van der Waals surface area contributed by atoms with E-state index >= 15 is 0 Å². The Hall–Kier alpha value is -4.23. The van der Waals surface area contributed by atoms with Crippen LogP contribution in [-0.4, -0.2) is 35.6 Å². The van der Waals surface area contributed by atoms with E-state index in [1.807, 2.05) is 6.07 Å². The quantitative estimate of drug-likeness (QED) is 0.259. The van der Waals surface area contributed by atoms with Crippen LogP contribution in [0.15, 0.2) is 72.8 Å². The van der Waals surface area contributed by atoms with E-state index in [4.69, 9.17) is 19.5 Å². The second-order valence-corrected chi connectivity index (χ2v) is 7.80. The Labute approximate surface area is 212 Å². The fourth-order valence-electron chi connectivity index (χ4n) is 3.23. The van der Waals surface area contributed by atoms with Gasteiger partial charge in [-0.2, -0.15) is 17.9 Å². The van der Waals surface area contributed by atoms with Crippen molar-refractivity contribution in [2.24, 2.45) is 0 Å². The molecule has 3 rings (SSSR count). The lowest BCUT2D eigenvalue weighted by molar-refractivity contribution is -0.141. The van der Waals surface area contributed by atoms with Gasteiger partial charge in [0.05, 0.1) is 24.0 Å². The molecule has 3 aromatic carbocycles. The van der Waals surface area contributed by atoms with E-state index in [2.05, 4.69) is 17.9 Å². The number of para-hydroxylation sites is 1. The third-order valence-corrected chi connectivity index (χ3v) is 5.22. The van der Waals surface area contributed by atoms with Crippen LogP contribution in [0.2, 0.25) is 0 Å². The Morgan fingerprint density at radius 2 is 1.81 bits per heavy atom. The number of carbonyl (C=O) groups excluding carboxylic acids is 2. The summed E-state index contributed by atoms with van der Waals surface area (Å²) in [5, 5.41) is 21.1. The Morgan fingerprint density at radius 3 is 2.44 bits per heavy atom. The Kier molecular flexibility index (Phi) is 9.54. The van der Waals surface area contributed by atoms with Gasteiger partial charge in [-0.25, -0.2) is 9.18 Å². The highest BCUT2D eigenvalue weighted by molar-refractivity contribution is 7.81. The number of nitrogens with one attached hydrogen (secondary N) is 1. The molecule has 3 aromatic rings. The zero-order valence-corrected chi connectivity index (χ0v) is 19.9. The van der Waals surface area contributed by atoms with Crippen molar-refractivity contribution in [2.75, 3.05) is 17.7 Å². The van der Waals surface area contributed by atoms with E-state index in [0.717, 1.165) is 12.1 Å². The minimum atomic E-state index is -1.16. The first-order valence-electron chi connectivity index (χ1n) is 10.8. The largest absolute Gasteiger partial charge is 0.505 e. The minimum Gasteiger partial charge on any atom is -0.505 e. The maximum absolute atomic E-state index is 14.2. The number of ether oxygens (including phenoxy) is 3. The summed E-state index contributed by atoms with van der Waals surface area (Å²) in [5.74, 6) is -1.68. The molecule has 0 aromatic heterocycles. The number of halogens is 1. The van der Waals surface area contributed by atoms with E-state index in [-0.39, 0.29) is 24.3 Å². The highest BCUT2D eigenvalue weighted by Crippen LogP contribution is 2.31. The first-order chi connectivity index (χ1) is 17.4. The fourth-order valence-corrected chi connectivity index (χ4v) is 3.32. The number of hydrogen-bond donors (Lipinski definition) is 3. The van der Waals surface area contributed by atoms with Crippen LogP contribution in [-0.2, 0) is 14.3 Å². The molecular formula is C26H23FN2O6S. The normalized spacial score (nSPS) is 12.0. The number of anilines is 1. The van der Waals surface area contributed by atoms with Gasteiger partial charge in [-0.05, 0) is 54.1 Å². The van der Waals surface area contributed by atoms with Gasteiger partial charge in [-0.3, -0.25) is 10.1 Å². The van der Waals surface area contributed by atoms with Crippen molar-refractivity contribution >= 4 is 30.4 Å². The third kappa shape index (κ3) is 7.65. The molecule has 0 bridgehead atoms. The predicted molar refractivity (Wildman–Crippen MR) is 132 cm³/mol. The van der Waals surface area contributed by atoms with Gasteiger partial charge in [0.1, 0.15) is 11.9 Å². The molecule has 186 valence electrons. The Morgan fingerprint density at radius 1 is 1.08 bits per heavy atom. The number of esters is 1. The summed E-state index contributed by atoms with van der Waals surface area (Å²) < 4.78 is 31.1. The SMILES string of the molecule is N#Cc1ccc(NC(=O)O[C@@H](c2ccc(O)c(F)c2)[C@H](CCOC(=O)CS)Oc2ccccc2)cc1. The number of carbonyl (C=O) groups is 2. The molecule has 0 aliphatic heterocycles. The molecule has 0 aliphatic rings. The standard InChI is InChI=1S/C26H23FN2O6S/c27-21-14-18(8-11-22(21)30)25(35-26(32)29-19-9-6-17(15-28)7-10-19)23(12-13-33-24(31)16-36)34-20-4-2-1-3-5-20/h1-11,14,23,25,30,36H,12-13,16H2,(H,29,32)/t23-,25-/m0/s1. The second-order valence-electron chi connectivity index (χ2n) is 7.49. The smallest absolute Gasteiger partial charge is 0.412 e. The van der Waals surface area contributed by atoms with Gasteiger partial charge in [-0.15, -0.1) is 0 Å². The molecule has 0 saturated carbocycles. The number of nitriles is 1. The van der Waals surface area contributed by atoms with Crippen molar-refractivity contribution < 1.29 is 33.3 Å². The summed E-state index contributed by atoms with van der Waals surface area (Å²) in [6, 6.07) is 20.4. The van der Waals surface area contributed by atoms with Crippen LogP contribution in [0, 0.1) is 17.1 Å². The number of nitrogens with zero attached hydrogens (tertiary/aromatic N) is 1. The van der Waals surface area contributed by atoms with Crippen molar-refractivity contribution in [1.29, 1.82) is 5.26 Å². The molecule has 2 N–H and O–H groups in total. The average molecular weight is 511 g/mol. The van der Waals surface area contributed by atoms with Gasteiger partial charge in [0.15, 0.2) is 17.7 Å². The number of thiol groups is 1. The van der Waals surface area contributed by atoms with E-state index in [1.54, 1.807) is 30.3 Å². The lowest BCUT2D eigenvalue weighted by atomic mass is 10.0. The maximum Gasteiger partial charge on any atom is 0.412 e. The van der Waals surface area contributed by atoms with Crippen molar-refractivity contribution in [3.05, 3.63) is 89.7 Å². The average Bonchev–Trinajstić information content (AvgIpc) is 2.89. The Bertz CT molecular complexity index is 1220. The zero-order valence-electron chi connectivity index (χ0n) is 19.0. The Balaban J connectivity index is 1.88. The van der Waals surface area contributed by atoms with E-state index in [9.17, 15) is 19.1 Å². The molecule has 0 spiro atoms. The van der Waals surface area contributed by atoms with Gasteiger partial charge in [0, 0.05) is 12.1 Å². The molecule has 36 heavy (non-hydrogen) atoms. The third-order valence-electron chi connectivity index (χ3n) is 4.96. The molecule has 0 heterocycles. The van der Waals surface area contributed by atoms with Gasteiger partial charge in [0.25, 0.3) is 0 Å². The van der Waals surface area contributed by atoms with E-state index < -0.39 is 35.8 Å². The number of aromatic hydroxyl groups is 1. The first-order valence-corrected chi connectivity index (χ1v) is 11.5. The summed E-state index contributed by atoms with van der Waals surface area (Å²) in [4.78, 5) is 24.4. The number of amides is 1. The molecule has 2 atom stereocenters. The fraction of sp³-hybridized carbons (Fsp3) is 0.192. The summed E-state index contributed by atoms with van der Waals surface area (Å²) in [6.07, 6.45) is -2.84. The number of phenolic OH excluding ortho intramolecular Hbond substituents is 1. The summed E-state index contributed by atoms with van der Waals surface area (Å²) in [5.41, 5.74) is 0.998. The lowest BCUT2D eigenvalue weighted by Crippen LogP contribution is -2.32. The molecule has 0 radical (unpaired) electrons. The zero-order chi connectivity index (χ0) is 25.9. The number of hydrogen-bond acceptors (Lipinski definition) is 8. The van der Waals surface area contributed by atoms with Crippen LogP contribution < -0.4 is 10.1 Å². The summed E-state index contributed by atoms with van der Waals surface area (Å²) in [7, 11) is 0. The van der Waals surface area contributed by atoms with Gasteiger partial charge < -0.3 is 19.3 Å². The van der Waals surface area contributed by atoms with Crippen molar-refractivity contribution in [1.82, 2.24) is 0 Å². The molecule has 0 fully saturated rings. The second kappa shape index (κ2) is 13.0. The van der Waals surface area contributed by atoms with E-state index in [0.29, 0.717) is 17.0 Å². The first kappa shape index (κ1) is 26.4. The van der Waals surface area contributed by atoms with Gasteiger partial charge in [-0.1, -0.05) is 24.3 Å². The van der Waals surface area contributed by atoms with Crippen LogP contribution in [0.1, 0.15) is 23.7 Å². The van der Waals surface area contributed by atoms with E-state index in [1.165, 1.54) is 30.3 Å². The lowest BCUT2D eigenvalue weighted by Gasteiger charge is -2.28. The van der Waals surface area contributed by atoms with Crippen molar-refractivity contribution in [2.45, 2.75) is 18.6 Å². The molecule has 0 aliphatic carbocycles. The van der Waals surface area contributed by atoms with Crippen molar-refractivity contribution in [3.8, 4) is 17.6 Å². The van der Waals surface area contributed by atoms with Crippen LogP contribution in [0.3, 0.4) is 0 Å². The summed E-state index contributed by atoms with van der Waals surface area (Å²) >= 11 is 3.88. The molecule has 10 heteroatoms. The number of rotatable bonds is 10. The van der Waals surface area contributed by atoms with Crippen LogP contribution in [0.4, 0.5) is 14.9 Å². The van der Waals surface area contributed by atoms with Gasteiger partial charge >= 0.3 is 12.1 Å². The van der Waals surface area contributed by atoms with Crippen molar-refractivity contribution in [3.63, 3.8) is 0 Å². The highest BCUT2D eigenvalue weighted by Gasteiger charge is 2.30. The molecule has 0 unspecified atom stereocenters. The summed E-state index contributed by atoms with van der Waals surface area (Å²) in [6.45, 7) is -0.0748.